The molecule has 1 rings (SSSR count). The highest BCUT2D eigenvalue weighted by atomic mass is 35.5. The van der Waals surface area contributed by atoms with E-state index in [1.165, 1.54) is 0 Å². The van der Waals surface area contributed by atoms with Gasteiger partial charge in [-0.3, -0.25) is 0 Å². The van der Waals surface area contributed by atoms with E-state index in [4.69, 9.17) is 21.4 Å². The van der Waals surface area contributed by atoms with Gasteiger partial charge < -0.3 is 9.84 Å². The Balaban J connectivity index is 0.000000292. The van der Waals surface area contributed by atoms with Crippen LogP contribution >= 0.6 is 11.6 Å². The molecule has 1 N–H and O–H groups in total. The molecule has 0 saturated heterocycles. The largest absolute Gasteiger partial charge is 0.497 e. The fourth-order valence-corrected chi connectivity index (χ4v) is 0.697. The maximum absolute atomic E-state index is 8.52. The molecule has 0 radical (unpaired) electrons. The molecular weight excluding hydrogens is 200 g/mol. The van der Waals surface area contributed by atoms with E-state index < -0.39 is 5.60 Å². The zero-order valence-corrected chi connectivity index (χ0v) is 9.80. The summed E-state index contributed by atoms with van der Waals surface area (Å²) in [5, 5.41) is 9.25. The van der Waals surface area contributed by atoms with Crippen molar-refractivity contribution in [2.75, 3.05) is 7.11 Å². The molecule has 0 fully saturated rings. The van der Waals surface area contributed by atoms with E-state index in [9.17, 15) is 0 Å². The Hall–Kier alpha value is -0.730. The van der Waals surface area contributed by atoms with Gasteiger partial charge in [-0.05, 0) is 45.0 Å². The van der Waals surface area contributed by atoms with Gasteiger partial charge in [-0.15, -0.1) is 0 Å². The van der Waals surface area contributed by atoms with Gasteiger partial charge in [0, 0.05) is 5.02 Å². The third-order valence-corrected chi connectivity index (χ3v) is 1.30. The normalized spacial score (nSPS) is 10.1. The summed E-state index contributed by atoms with van der Waals surface area (Å²) in [6.45, 7) is 5.23. The minimum absolute atomic E-state index is 0.500. The van der Waals surface area contributed by atoms with Crippen LogP contribution in [-0.4, -0.2) is 17.8 Å². The molecule has 80 valence electrons. The molecule has 3 heteroatoms. The monoisotopic (exact) mass is 216 g/mol. The second kappa shape index (κ2) is 5.89. The zero-order chi connectivity index (χ0) is 11.2. The summed E-state index contributed by atoms with van der Waals surface area (Å²) < 4.78 is 4.91. The van der Waals surface area contributed by atoms with Crippen molar-refractivity contribution >= 4 is 11.6 Å². The molecule has 0 saturated carbocycles. The first-order chi connectivity index (χ1) is 6.33. The Morgan fingerprint density at radius 2 is 1.50 bits per heavy atom. The van der Waals surface area contributed by atoms with Crippen LogP contribution in [0.3, 0.4) is 0 Å². The fraction of sp³-hybridized carbons (Fsp3) is 0.455. The highest BCUT2D eigenvalue weighted by Gasteiger charge is 1.97. The minimum atomic E-state index is -0.500. The molecule has 0 aromatic heterocycles. The third kappa shape index (κ3) is 9.36. The van der Waals surface area contributed by atoms with Crippen LogP contribution in [0.25, 0.3) is 0 Å². The smallest absolute Gasteiger partial charge is 0.118 e. The molecule has 0 amide bonds. The maximum atomic E-state index is 8.52. The number of ether oxygens (including phenoxy) is 1. The quantitative estimate of drug-likeness (QED) is 0.782. The molecule has 0 aliphatic heterocycles. The Morgan fingerprint density at radius 1 is 1.14 bits per heavy atom. The van der Waals surface area contributed by atoms with Gasteiger partial charge in [-0.1, -0.05) is 11.6 Å². The molecule has 0 heterocycles. The Labute approximate surface area is 90.5 Å². The highest BCUT2D eigenvalue weighted by Crippen LogP contribution is 2.14. The summed E-state index contributed by atoms with van der Waals surface area (Å²) in [6.07, 6.45) is 0. The number of hydrogen-bond acceptors (Lipinski definition) is 2. The van der Waals surface area contributed by atoms with Gasteiger partial charge in [0.05, 0.1) is 12.7 Å². The molecule has 0 bridgehead atoms. The molecule has 1 aromatic carbocycles. The van der Waals surface area contributed by atoms with Crippen molar-refractivity contribution in [2.24, 2.45) is 0 Å². The summed E-state index contributed by atoms with van der Waals surface area (Å²) >= 11 is 5.61. The van der Waals surface area contributed by atoms with Crippen LogP contribution in [0.5, 0.6) is 5.75 Å². The summed E-state index contributed by atoms with van der Waals surface area (Å²) in [5.74, 6) is 0.833. The average Bonchev–Trinajstić information content (AvgIpc) is 2.03. The summed E-state index contributed by atoms with van der Waals surface area (Å²) in [7, 11) is 1.63. The van der Waals surface area contributed by atoms with E-state index in [-0.39, 0.29) is 0 Å². The third-order valence-electron chi connectivity index (χ3n) is 1.05. The first kappa shape index (κ1) is 13.3. The standard InChI is InChI=1S/C7H7ClO.C4H10O/c1-9-7-4-2-6(8)3-5-7;1-4(2,3)5/h2-5H,1H3;5H,1-3H3. The van der Waals surface area contributed by atoms with Crippen LogP contribution in [0.15, 0.2) is 24.3 Å². The van der Waals surface area contributed by atoms with Crippen LogP contribution in [0.2, 0.25) is 5.02 Å². The number of halogens is 1. The number of aliphatic hydroxyl groups is 1. The lowest BCUT2D eigenvalue weighted by atomic mass is 10.2. The topological polar surface area (TPSA) is 29.5 Å². The van der Waals surface area contributed by atoms with Crippen molar-refractivity contribution in [2.45, 2.75) is 26.4 Å². The van der Waals surface area contributed by atoms with Crippen molar-refractivity contribution in [3.8, 4) is 5.75 Å². The number of rotatable bonds is 1. The second-order valence-electron chi connectivity index (χ2n) is 3.83. The summed E-state index contributed by atoms with van der Waals surface area (Å²) in [5.41, 5.74) is -0.500. The second-order valence-corrected chi connectivity index (χ2v) is 4.27. The van der Waals surface area contributed by atoms with Gasteiger partial charge in [0.25, 0.3) is 0 Å². The van der Waals surface area contributed by atoms with Crippen molar-refractivity contribution in [3.05, 3.63) is 29.3 Å². The van der Waals surface area contributed by atoms with E-state index in [2.05, 4.69) is 0 Å². The number of methoxy groups -OCH3 is 1. The van der Waals surface area contributed by atoms with Crippen LogP contribution in [0.4, 0.5) is 0 Å². The lowest BCUT2D eigenvalue weighted by Gasteiger charge is -2.04. The minimum Gasteiger partial charge on any atom is -0.497 e. The van der Waals surface area contributed by atoms with E-state index in [1.807, 2.05) is 12.1 Å². The molecule has 0 spiro atoms. The van der Waals surface area contributed by atoms with E-state index in [1.54, 1.807) is 40.0 Å². The van der Waals surface area contributed by atoms with Crippen molar-refractivity contribution in [1.82, 2.24) is 0 Å². The molecule has 0 atom stereocenters. The Morgan fingerprint density at radius 3 is 1.79 bits per heavy atom. The first-order valence-corrected chi connectivity index (χ1v) is 4.72. The molecule has 0 aliphatic carbocycles. The summed E-state index contributed by atoms with van der Waals surface area (Å²) in [6, 6.07) is 7.23. The molecule has 0 aliphatic rings. The number of hydrogen-bond donors (Lipinski definition) is 1. The van der Waals surface area contributed by atoms with Gasteiger partial charge >= 0.3 is 0 Å². The molecule has 1 aromatic rings. The van der Waals surface area contributed by atoms with Crippen LogP contribution in [-0.2, 0) is 0 Å². The Bertz CT molecular complexity index is 243. The lowest BCUT2D eigenvalue weighted by Crippen LogP contribution is -2.10. The first-order valence-electron chi connectivity index (χ1n) is 4.35. The average molecular weight is 217 g/mol. The zero-order valence-electron chi connectivity index (χ0n) is 9.04. The van der Waals surface area contributed by atoms with Gasteiger partial charge in [0.15, 0.2) is 0 Å². The van der Waals surface area contributed by atoms with Crippen LogP contribution in [0.1, 0.15) is 20.8 Å². The van der Waals surface area contributed by atoms with Crippen molar-refractivity contribution in [1.29, 1.82) is 0 Å². The molecule has 2 nitrogen and oxygen atoms in total. The molecule has 14 heavy (non-hydrogen) atoms. The van der Waals surface area contributed by atoms with Crippen LogP contribution < -0.4 is 4.74 Å². The SMILES string of the molecule is CC(C)(C)O.COc1ccc(Cl)cc1. The number of benzene rings is 1. The van der Waals surface area contributed by atoms with Gasteiger partial charge in [0.2, 0.25) is 0 Å². The fourth-order valence-electron chi connectivity index (χ4n) is 0.571. The van der Waals surface area contributed by atoms with Crippen molar-refractivity contribution in [3.63, 3.8) is 0 Å². The van der Waals surface area contributed by atoms with E-state index >= 15 is 0 Å². The lowest BCUT2D eigenvalue weighted by molar-refractivity contribution is 0.102. The molecule has 0 unspecified atom stereocenters. The van der Waals surface area contributed by atoms with Gasteiger partial charge in [-0.2, -0.15) is 0 Å². The van der Waals surface area contributed by atoms with E-state index in [0.717, 1.165) is 10.8 Å². The molecular formula is C11H17ClO2. The summed E-state index contributed by atoms with van der Waals surface area (Å²) in [4.78, 5) is 0. The predicted molar refractivity (Wildman–Crippen MR) is 60.0 cm³/mol. The van der Waals surface area contributed by atoms with E-state index in [0.29, 0.717) is 0 Å². The van der Waals surface area contributed by atoms with Gasteiger partial charge in [0.1, 0.15) is 5.75 Å². The maximum Gasteiger partial charge on any atom is 0.118 e. The van der Waals surface area contributed by atoms with Gasteiger partial charge in [-0.25, -0.2) is 0 Å². The highest BCUT2D eigenvalue weighted by molar-refractivity contribution is 6.30. The van der Waals surface area contributed by atoms with Crippen LogP contribution in [0, 0.1) is 0 Å². The Kier molecular flexibility index (Phi) is 5.58. The van der Waals surface area contributed by atoms with Crippen molar-refractivity contribution < 1.29 is 9.84 Å². The predicted octanol–water partition coefficient (Wildman–Crippen LogP) is 3.13.